The Morgan fingerprint density at radius 2 is 1.85 bits per heavy atom. The first kappa shape index (κ1) is 14.7. The fourth-order valence-corrected chi connectivity index (χ4v) is 2.18. The van der Waals surface area contributed by atoms with Crippen molar-refractivity contribution in [1.29, 1.82) is 0 Å². The van der Waals surface area contributed by atoms with Crippen LogP contribution in [0.3, 0.4) is 0 Å². The van der Waals surface area contributed by atoms with Crippen LogP contribution in [0.5, 0.6) is 11.5 Å². The Kier molecular flexibility index (Phi) is 4.88. The summed E-state index contributed by atoms with van der Waals surface area (Å²) in [5.41, 5.74) is 0.820. The molecule has 0 aromatic heterocycles. The van der Waals surface area contributed by atoms with Crippen molar-refractivity contribution in [3.63, 3.8) is 0 Å². The lowest BCUT2D eigenvalue weighted by molar-refractivity contribution is -0.136. The summed E-state index contributed by atoms with van der Waals surface area (Å²) in [7, 11) is 0. The van der Waals surface area contributed by atoms with E-state index in [1.165, 1.54) is 0 Å². The Labute approximate surface area is 126 Å². The van der Waals surface area contributed by atoms with Gasteiger partial charge in [0.25, 0.3) is 0 Å². The second kappa shape index (κ2) is 6.64. The molecule has 0 saturated heterocycles. The van der Waals surface area contributed by atoms with Crippen molar-refractivity contribution in [3.8, 4) is 11.5 Å². The number of aliphatic carboxylic acids is 1. The molecule has 2 aromatic rings. The number of carbonyl (C=O) groups is 1. The van der Waals surface area contributed by atoms with Gasteiger partial charge in [0.15, 0.2) is 0 Å². The Morgan fingerprint density at radius 1 is 1.10 bits per heavy atom. The van der Waals surface area contributed by atoms with E-state index in [1.807, 2.05) is 18.2 Å². The summed E-state index contributed by atoms with van der Waals surface area (Å²) in [6, 6.07) is 12.2. The minimum atomic E-state index is -0.843. The van der Waals surface area contributed by atoms with Gasteiger partial charge in [-0.05, 0) is 36.2 Å². The van der Waals surface area contributed by atoms with Crippen molar-refractivity contribution in [3.05, 3.63) is 58.1 Å². The molecule has 0 radical (unpaired) electrons. The van der Waals surface area contributed by atoms with Crippen LogP contribution in [0.25, 0.3) is 0 Å². The number of halogens is 2. The van der Waals surface area contributed by atoms with Crippen molar-refractivity contribution < 1.29 is 14.6 Å². The smallest absolute Gasteiger partial charge is 0.303 e. The zero-order valence-electron chi connectivity index (χ0n) is 10.5. The highest BCUT2D eigenvalue weighted by Crippen LogP contribution is 2.33. The topological polar surface area (TPSA) is 46.5 Å². The third kappa shape index (κ3) is 3.89. The summed E-state index contributed by atoms with van der Waals surface area (Å²) in [5.74, 6) is 0.237. The molecule has 1 N–H and O–H groups in total. The number of hydrogen-bond acceptors (Lipinski definition) is 2. The fraction of sp³-hybridized carbons (Fsp3) is 0.133. The molecule has 0 spiro atoms. The van der Waals surface area contributed by atoms with Crippen molar-refractivity contribution >= 4 is 29.2 Å². The van der Waals surface area contributed by atoms with E-state index in [9.17, 15) is 4.79 Å². The van der Waals surface area contributed by atoms with E-state index in [-0.39, 0.29) is 6.42 Å². The minimum Gasteiger partial charge on any atom is -0.481 e. The highest BCUT2D eigenvalue weighted by molar-refractivity contribution is 6.35. The maximum Gasteiger partial charge on any atom is 0.303 e. The molecule has 0 amide bonds. The average Bonchev–Trinajstić information content (AvgIpc) is 2.41. The normalized spacial score (nSPS) is 10.3. The predicted molar refractivity (Wildman–Crippen MR) is 78.9 cm³/mol. The van der Waals surface area contributed by atoms with Gasteiger partial charge in [-0.1, -0.05) is 41.4 Å². The first-order chi connectivity index (χ1) is 9.56. The van der Waals surface area contributed by atoms with Gasteiger partial charge in [0.1, 0.15) is 11.5 Å². The van der Waals surface area contributed by atoms with E-state index in [0.717, 1.165) is 5.56 Å². The molecular weight excluding hydrogens is 299 g/mol. The standard InChI is InChI=1S/C15H12Cl2O3/c16-11-6-7-14(12(17)9-11)20-13-4-2-1-3-10(13)5-8-15(18)19/h1-4,6-7,9H,5,8H2,(H,18,19). The van der Waals surface area contributed by atoms with Gasteiger partial charge in [0.2, 0.25) is 0 Å². The van der Waals surface area contributed by atoms with Crippen LogP contribution in [0.2, 0.25) is 10.0 Å². The van der Waals surface area contributed by atoms with Crippen LogP contribution >= 0.6 is 23.2 Å². The minimum absolute atomic E-state index is 0.0503. The van der Waals surface area contributed by atoms with E-state index in [2.05, 4.69) is 0 Å². The van der Waals surface area contributed by atoms with Crippen LogP contribution in [0.15, 0.2) is 42.5 Å². The van der Waals surface area contributed by atoms with Crippen LogP contribution in [0, 0.1) is 0 Å². The van der Waals surface area contributed by atoms with Gasteiger partial charge in [0, 0.05) is 11.4 Å². The molecule has 0 aliphatic carbocycles. The van der Waals surface area contributed by atoms with Gasteiger partial charge >= 0.3 is 5.97 Å². The summed E-state index contributed by atoms with van der Waals surface area (Å²) in [5, 5.41) is 9.69. The Hall–Kier alpha value is -1.71. The first-order valence-corrected chi connectivity index (χ1v) is 6.74. The molecule has 0 heterocycles. The van der Waals surface area contributed by atoms with Crippen LogP contribution < -0.4 is 4.74 Å². The molecule has 3 nitrogen and oxygen atoms in total. The van der Waals surface area contributed by atoms with Crippen LogP contribution in [-0.2, 0) is 11.2 Å². The molecule has 5 heteroatoms. The van der Waals surface area contributed by atoms with E-state index in [4.69, 9.17) is 33.0 Å². The summed E-state index contributed by atoms with van der Waals surface area (Å²) in [4.78, 5) is 10.7. The lowest BCUT2D eigenvalue weighted by Gasteiger charge is -2.11. The Morgan fingerprint density at radius 3 is 2.55 bits per heavy atom. The number of ether oxygens (including phenoxy) is 1. The lowest BCUT2D eigenvalue weighted by atomic mass is 10.1. The molecule has 0 unspecified atom stereocenters. The van der Waals surface area contributed by atoms with Crippen molar-refractivity contribution in [1.82, 2.24) is 0 Å². The summed E-state index contributed by atoms with van der Waals surface area (Å²) < 4.78 is 5.74. The molecule has 0 aliphatic rings. The maximum atomic E-state index is 10.7. The SMILES string of the molecule is O=C(O)CCc1ccccc1Oc1ccc(Cl)cc1Cl. The quantitative estimate of drug-likeness (QED) is 0.862. The third-order valence-electron chi connectivity index (χ3n) is 2.69. The second-order valence-electron chi connectivity index (χ2n) is 4.18. The molecule has 0 saturated carbocycles. The molecule has 2 aromatic carbocycles. The number of aryl methyl sites for hydroxylation is 1. The summed E-state index contributed by atoms with van der Waals surface area (Å²) in [6.07, 6.45) is 0.450. The largest absolute Gasteiger partial charge is 0.481 e. The highest BCUT2D eigenvalue weighted by Gasteiger charge is 2.09. The number of para-hydroxylation sites is 1. The van der Waals surface area contributed by atoms with Gasteiger partial charge < -0.3 is 9.84 Å². The van der Waals surface area contributed by atoms with Crippen LogP contribution in [0.1, 0.15) is 12.0 Å². The van der Waals surface area contributed by atoms with Crippen LogP contribution in [0.4, 0.5) is 0 Å². The number of benzene rings is 2. The van der Waals surface area contributed by atoms with E-state index >= 15 is 0 Å². The number of hydrogen-bond donors (Lipinski definition) is 1. The number of carboxylic acid groups (broad SMARTS) is 1. The van der Waals surface area contributed by atoms with Crippen molar-refractivity contribution in [2.45, 2.75) is 12.8 Å². The predicted octanol–water partition coefficient (Wildman–Crippen LogP) is 4.80. The summed E-state index contributed by atoms with van der Waals surface area (Å²) in [6.45, 7) is 0. The van der Waals surface area contributed by atoms with Gasteiger partial charge in [-0.3, -0.25) is 4.79 Å². The lowest BCUT2D eigenvalue weighted by Crippen LogP contribution is -1.99. The Balaban J connectivity index is 2.22. The van der Waals surface area contributed by atoms with E-state index in [0.29, 0.717) is 28.0 Å². The molecule has 0 atom stereocenters. The number of rotatable bonds is 5. The summed E-state index contributed by atoms with van der Waals surface area (Å²) >= 11 is 11.9. The average molecular weight is 311 g/mol. The zero-order chi connectivity index (χ0) is 14.5. The van der Waals surface area contributed by atoms with E-state index in [1.54, 1.807) is 24.3 Å². The molecule has 0 aliphatic heterocycles. The molecule has 0 fully saturated rings. The highest BCUT2D eigenvalue weighted by atomic mass is 35.5. The van der Waals surface area contributed by atoms with Gasteiger partial charge in [-0.15, -0.1) is 0 Å². The maximum absolute atomic E-state index is 10.7. The zero-order valence-corrected chi connectivity index (χ0v) is 12.0. The van der Waals surface area contributed by atoms with Crippen molar-refractivity contribution in [2.75, 3.05) is 0 Å². The van der Waals surface area contributed by atoms with Crippen LogP contribution in [-0.4, -0.2) is 11.1 Å². The van der Waals surface area contributed by atoms with E-state index < -0.39 is 5.97 Å². The van der Waals surface area contributed by atoms with Gasteiger partial charge in [0.05, 0.1) is 5.02 Å². The third-order valence-corrected chi connectivity index (χ3v) is 3.23. The molecule has 104 valence electrons. The first-order valence-electron chi connectivity index (χ1n) is 5.99. The molecular formula is C15H12Cl2O3. The molecule has 2 rings (SSSR count). The van der Waals surface area contributed by atoms with Crippen molar-refractivity contribution in [2.24, 2.45) is 0 Å². The monoisotopic (exact) mass is 310 g/mol. The number of carboxylic acids is 1. The van der Waals surface area contributed by atoms with Gasteiger partial charge in [-0.2, -0.15) is 0 Å². The van der Waals surface area contributed by atoms with Gasteiger partial charge in [-0.25, -0.2) is 0 Å². The molecule has 20 heavy (non-hydrogen) atoms. The fourth-order valence-electron chi connectivity index (χ4n) is 1.73. The molecule has 0 bridgehead atoms. The second-order valence-corrected chi connectivity index (χ2v) is 5.02. The Bertz CT molecular complexity index is 626.